The lowest BCUT2D eigenvalue weighted by molar-refractivity contribution is 0.423. The number of aromatic nitrogens is 4. The zero-order chi connectivity index (χ0) is 13.2. The third-order valence-electron chi connectivity index (χ3n) is 3.31. The Bertz CT molecular complexity index is 579. The Morgan fingerprint density at radius 3 is 2.84 bits per heavy atom. The van der Waals surface area contributed by atoms with E-state index in [1.165, 1.54) is 25.7 Å². The summed E-state index contributed by atoms with van der Waals surface area (Å²) in [7, 11) is 0. The number of halogens is 1. The van der Waals surface area contributed by atoms with Crippen molar-refractivity contribution < 1.29 is 0 Å². The lowest BCUT2D eigenvalue weighted by Crippen LogP contribution is -2.08. The van der Waals surface area contributed by atoms with Crippen molar-refractivity contribution in [3.8, 4) is 0 Å². The third-order valence-corrected chi connectivity index (χ3v) is 5.02. The summed E-state index contributed by atoms with van der Waals surface area (Å²) < 4.78 is 3.09. The number of tetrazole rings is 1. The highest BCUT2D eigenvalue weighted by molar-refractivity contribution is 14.1. The maximum absolute atomic E-state index is 6.04. The molecule has 1 aliphatic carbocycles. The first-order valence-electron chi connectivity index (χ1n) is 6.25. The van der Waals surface area contributed by atoms with Gasteiger partial charge in [-0.25, -0.2) is 4.68 Å². The second-order valence-corrected chi connectivity index (χ2v) is 6.88. The number of hydrogen-bond donors (Lipinski definition) is 1. The number of nitrogens with zero attached hydrogens (tertiary/aromatic N) is 4. The molecule has 2 aromatic rings. The van der Waals surface area contributed by atoms with Crippen molar-refractivity contribution in [2.75, 3.05) is 5.73 Å². The Morgan fingerprint density at radius 2 is 2.11 bits per heavy atom. The van der Waals surface area contributed by atoms with Gasteiger partial charge in [-0.2, -0.15) is 0 Å². The van der Waals surface area contributed by atoms with Gasteiger partial charge in [-0.15, -0.1) is 5.10 Å². The average Bonchev–Trinajstić information content (AvgIpc) is 3.03. The second-order valence-electron chi connectivity index (χ2n) is 4.63. The van der Waals surface area contributed by atoms with E-state index in [2.05, 4.69) is 38.1 Å². The van der Waals surface area contributed by atoms with Crippen LogP contribution in [0.2, 0.25) is 0 Å². The Labute approximate surface area is 129 Å². The van der Waals surface area contributed by atoms with E-state index >= 15 is 0 Å². The molecule has 1 heterocycles. The number of nitrogen functional groups attached to an aromatic ring is 1. The molecule has 0 bridgehead atoms. The Kier molecular flexibility index (Phi) is 3.92. The zero-order valence-electron chi connectivity index (χ0n) is 10.3. The van der Waals surface area contributed by atoms with Crippen LogP contribution in [0, 0.1) is 3.57 Å². The number of hydrogen-bond acceptors (Lipinski definition) is 5. The van der Waals surface area contributed by atoms with Gasteiger partial charge in [0.1, 0.15) is 0 Å². The molecule has 100 valence electrons. The summed E-state index contributed by atoms with van der Waals surface area (Å²) in [4.78, 5) is 1.01. The van der Waals surface area contributed by atoms with Gasteiger partial charge < -0.3 is 5.73 Å². The normalized spacial score (nSPS) is 16.1. The van der Waals surface area contributed by atoms with E-state index in [1.54, 1.807) is 11.8 Å². The van der Waals surface area contributed by atoms with Gasteiger partial charge in [0.2, 0.25) is 5.16 Å². The lowest BCUT2D eigenvalue weighted by Gasteiger charge is -2.11. The van der Waals surface area contributed by atoms with E-state index in [4.69, 9.17) is 5.73 Å². The fourth-order valence-corrected chi connectivity index (χ4v) is 3.72. The molecule has 3 rings (SSSR count). The molecule has 0 aliphatic heterocycles. The molecule has 0 radical (unpaired) electrons. The van der Waals surface area contributed by atoms with Crippen LogP contribution in [0.3, 0.4) is 0 Å². The number of rotatable bonds is 3. The molecule has 1 aromatic carbocycles. The third kappa shape index (κ3) is 2.86. The average molecular weight is 387 g/mol. The van der Waals surface area contributed by atoms with Crippen molar-refractivity contribution in [3.63, 3.8) is 0 Å². The van der Waals surface area contributed by atoms with Crippen LogP contribution in [0.4, 0.5) is 5.69 Å². The topological polar surface area (TPSA) is 69.6 Å². The highest BCUT2D eigenvalue weighted by Gasteiger charge is 2.22. The van der Waals surface area contributed by atoms with Crippen LogP contribution in [0.15, 0.2) is 28.3 Å². The van der Waals surface area contributed by atoms with E-state index in [0.717, 1.165) is 19.3 Å². The van der Waals surface area contributed by atoms with Crippen LogP contribution < -0.4 is 5.73 Å². The second kappa shape index (κ2) is 5.66. The van der Waals surface area contributed by atoms with Crippen LogP contribution >= 0.6 is 34.4 Å². The maximum atomic E-state index is 6.04. The molecule has 0 spiro atoms. The van der Waals surface area contributed by atoms with Crippen LogP contribution in [-0.4, -0.2) is 20.2 Å². The van der Waals surface area contributed by atoms with Crippen LogP contribution in [0.25, 0.3) is 0 Å². The van der Waals surface area contributed by atoms with Crippen molar-refractivity contribution >= 4 is 40.0 Å². The van der Waals surface area contributed by atoms with Crippen LogP contribution in [-0.2, 0) is 0 Å². The molecule has 1 fully saturated rings. The predicted molar refractivity (Wildman–Crippen MR) is 83.0 cm³/mol. The fourth-order valence-electron chi connectivity index (χ4n) is 2.34. The van der Waals surface area contributed by atoms with Gasteiger partial charge in [-0.3, -0.25) is 0 Å². The monoisotopic (exact) mass is 387 g/mol. The fraction of sp³-hybridized carbons (Fsp3) is 0.417. The molecule has 0 amide bonds. The van der Waals surface area contributed by atoms with Gasteiger partial charge in [-0.05, 0) is 75.8 Å². The van der Waals surface area contributed by atoms with E-state index in [-0.39, 0.29) is 0 Å². The number of nitrogens with two attached hydrogens (primary N) is 1. The van der Waals surface area contributed by atoms with Crippen molar-refractivity contribution in [1.29, 1.82) is 0 Å². The van der Waals surface area contributed by atoms with Crippen molar-refractivity contribution in [1.82, 2.24) is 20.2 Å². The molecule has 2 N–H and O–H groups in total. The molecule has 1 aromatic heterocycles. The van der Waals surface area contributed by atoms with Crippen LogP contribution in [0.5, 0.6) is 0 Å². The minimum Gasteiger partial charge on any atom is -0.398 e. The van der Waals surface area contributed by atoms with Crippen molar-refractivity contribution in [2.45, 2.75) is 41.8 Å². The minimum atomic E-state index is 0.447. The van der Waals surface area contributed by atoms with E-state index in [0.29, 0.717) is 6.04 Å². The smallest absolute Gasteiger partial charge is 0.214 e. The number of benzene rings is 1. The Hall–Kier alpha value is -0.830. The van der Waals surface area contributed by atoms with Gasteiger partial charge in [0, 0.05) is 14.2 Å². The summed E-state index contributed by atoms with van der Waals surface area (Å²) in [6.45, 7) is 0. The van der Waals surface area contributed by atoms with Gasteiger partial charge in [0.05, 0.1) is 6.04 Å². The van der Waals surface area contributed by atoms with E-state index in [1.807, 2.05) is 22.9 Å². The summed E-state index contributed by atoms with van der Waals surface area (Å²) in [5.74, 6) is 0. The summed E-state index contributed by atoms with van der Waals surface area (Å²) in [5, 5.41) is 12.9. The summed E-state index contributed by atoms with van der Waals surface area (Å²) in [6, 6.07) is 6.48. The van der Waals surface area contributed by atoms with Gasteiger partial charge in [0.15, 0.2) is 0 Å². The van der Waals surface area contributed by atoms with Gasteiger partial charge >= 0.3 is 0 Å². The molecule has 1 aliphatic rings. The first-order chi connectivity index (χ1) is 9.24. The van der Waals surface area contributed by atoms with Crippen molar-refractivity contribution in [3.05, 3.63) is 21.8 Å². The quantitative estimate of drug-likeness (QED) is 0.648. The minimum absolute atomic E-state index is 0.447. The molecule has 5 nitrogen and oxygen atoms in total. The lowest BCUT2D eigenvalue weighted by atomic mass is 10.3. The number of anilines is 1. The standard InChI is InChI=1S/C12H14IN5S/c13-8-5-6-11(10(14)7-8)19-12-15-16-17-18(12)9-3-1-2-4-9/h5-7,9H,1-4,14H2. The zero-order valence-corrected chi connectivity index (χ0v) is 13.3. The molecule has 19 heavy (non-hydrogen) atoms. The highest BCUT2D eigenvalue weighted by Crippen LogP contribution is 2.35. The summed E-state index contributed by atoms with van der Waals surface area (Å²) in [6.07, 6.45) is 4.86. The largest absolute Gasteiger partial charge is 0.398 e. The van der Waals surface area contributed by atoms with Gasteiger partial charge in [-0.1, -0.05) is 12.8 Å². The molecular formula is C12H14IN5S. The van der Waals surface area contributed by atoms with Gasteiger partial charge in [0.25, 0.3) is 0 Å². The first kappa shape index (κ1) is 13.2. The highest BCUT2D eigenvalue weighted by atomic mass is 127. The summed E-state index contributed by atoms with van der Waals surface area (Å²) >= 11 is 3.80. The molecule has 1 saturated carbocycles. The van der Waals surface area contributed by atoms with Crippen LogP contribution in [0.1, 0.15) is 31.7 Å². The van der Waals surface area contributed by atoms with E-state index < -0.39 is 0 Å². The Balaban J connectivity index is 1.85. The van der Waals surface area contributed by atoms with E-state index in [9.17, 15) is 0 Å². The predicted octanol–water partition coefficient (Wildman–Crippen LogP) is 3.13. The molecule has 0 atom stereocenters. The first-order valence-corrected chi connectivity index (χ1v) is 8.14. The Morgan fingerprint density at radius 1 is 1.32 bits per heavy atom. The summed E-state index contributed by atoms with van der Waals surface area (Å²) in [5.41, 5.74) is 6.81. The molecule has 0 unspecified atom stereocenters. The van der Waals surface area contributed by atoms with Crippen molar-refractivity contribution in [2.24, 2.45) is 0 Å². The molecular weight excluding hydrogens is 373 g/mol. The maximum Gasteiger partial charge on any atom is 0.214 e. The molecule has 7 heteroatoms. The SMILES string of the molecule is Nc1cc(I)ccc1Sc1nnnn1C1CCCC1. The molecule has 0 saturated heterocycles.